The minimum atomic E-state index is -0.532. The number of carbonyl (C=O) groups is 1. The fourth-order valence-electron chi connectivity index (χ4n) is 2.08. The first-order valence-electron chi connectivity index (χ1n) is 7.60. The van der Waals surface area contributed by atoms with Crippen molar-refractivity contribution in [1.29, 1.82) is 0 Å². The summed E-state index contributed by atoms with van der Waals surface area (Å²) in [6, 6.07) is 11.5. The molecule has 2 N–H and O–H groups in total. The summed E-state index contributed by atoms with van der Waals surface area (Å²) in [7, 11) is 0. The van der Waals surface area contributed by atoms with E-state index in [4.69, 9.17) is 4.74 Å². The number of carbonyl (C=O) groups excluding carboxylic acids is 1. The van der Waals surface area contributed by atoms with Crippen LogP contribution in [-0.2, 0) is 4.74 Å². The molecule has 122 valence electrons. The zero-order valence-corrected chi connectivity index (χ0v) is 14.0. The molecule has 1 heterocycles. The van der Waals surface area contributed by atoms with E-state index in [1.807, 2.05) is 70.3 Å². The molecule has 0 aliphatic heterocycles. The second-order valence-corrected chi connectivity index (χ2v) is 6.32. The van der Waals surface area contributed by atoms with Crippen LogP contribution in [0.2, 0.25) is 0 Å². The number of anilines is 2. The molecule has 0 spiro atoms. The molecule has 0 aliphatic carbocycles. The summed E-state index contributed by atoms with van der Waals surface area (Å²) < 4.78 is 5.30. The van der Waals surface area contributed by atoms with Crippen LogP contribution in [0.5, 0.6) is 0 Å². The Labute approximate surface area is 137 Å². The lowest BCUT2D eigenvalue weighted by Crippen LogP contribution is -2.27. The summed E-state index contributed by atoms with van der Waals surface area (Å²) in [6.45, 7) is 7.55. The van der Waals surface area contributed by atoms with Crippen LogP contribution in [0.4, 0.5) is 16.2 Å². The van der Waals surface area contributed by atoms with Crippen molar-refractivity contribution in [3.8, 4) is 0 Å². The van der Waals surface area contributed by atoms with Crippen molar-refractivity contribution < 1.29 is 9.53 Å². The number of rotatable bonds is 4. The fourth-order valence-corrected chi connectivity index (χ4v) is 2.08. The van der Waals surface area contributed by atoms with Gasteiger partial charge in [0.05, 0.1) is 17.4 Å². The van der Waals surface area contributed by atoms with Gasteiger partial charge in [-0.2, -0.15) is 0 Å². The normalized spacial score (nSPS) is 12.3. The highest BCUT2D eigenvalue weighted by Gasteiger charge is 2.17. The molecule has 5 nitrogen and oxygen atoms in total. The van der Waals surface area contributed by atoms with Crippen molar-refractivity contribution in [2.75, 3.05) is 10.6 Å². The van der Waals surface area contributed by atoms with Crippen LogP contribution in [-0.4, -0.2) is 16.7 Å². The molecular formula is C18H23N3O2. The van der Waals surface area contributed by atoms with Crippen LogP contribution in [0.15, 0.2) is 48.8 Å². The van der Waals surface area contributed by atoms with E-state index in [0.717, 1.165) is 11.3 Å². The molecule has 1 unspecified atom stereocenters. The van der Waals surface area contributed by atoms with Crippen LogP contribution in [0.25, 0.3) is 0 Å². The molecule has 0 saturated carbocycles. The molecule has 0 bridgehead atoms. The minimum absolute atomic E-state index is 0.0605. The fraction of sp³-hybridized carbons (Fsp3) is 0.333. The first-order valence-corrected chi connectivity index (χ1v) is 7.60. The van der Waals surface area contributed by atoms with Crippen molar-refractivity contribution in [3.05, 3.63) is 54.4 Å². The number of hydrogen-bond acceptors (Lipinski definition) is 4. The van der Waals surface area contributed by atoms with E-state index in [1.165, 1.54) is 0 Å². The first-order chi connectivity index (χ1) is 10.8. The van der Waals surface area contributed by atoms with E-state index in [-0.39, 0.29) is 6.04 Å². The molecule has 0 aliphatic rings. The number of nitrogens with zero attached hydrogens (tertiary/aromatic N) is 1. The molecule has 23 heavy (non-hydrogen) atoms. The molecule has 1 atom stereocenters. The molecule has 1 amide bonds. The molecule has 0 saturated heterocycles. The molecule has 0 radical (unpaired) electrons. The molecule has 1 aromatic heterocycles. The summed E-state index contributed by atoms with van der Waals surface area (Å²) in [4.78, 5) is 16.1. The number of aromatic nitrogens is 1. The highest BCUT2D eigenvalue weighted by atomic mass is 16.6. The Balaban J connectivity index is 2.10. The smallest absolute Gasteiger partial charge is 0.412 e. The third-order valence-electron chi connectivity index (χ3n) is 3.12. The number of benzene rings is 1. The molecule has 0 fully saturated rings. The van der Waals surface area contributed by atoms with Crippen molar-refractivity contribution >= 4 is 17.5 Å². The third-order valence-corrected chi connectivity index (χ3v) is 3.12. The Bertz CT molecular complexity index is 651. The van der Waals surface area contributed by atoms with Gasteiger partial charge < -0.3 is 10.1 Å². The largest absolute Gasteiger partial charge is 0.444 e. The second kappa shape index (κ2) is 7.13. The van der Waals surface area contributed by atoms with Gasteiger partial charge in [-0.05, 0) is 51.5 Å². The van der Waals surface area contributed by atoms with E-state index in [2.05, 4.69) is 15.6 Å². The maximum absolute atomic E-state index is 12.0. The predicted molar refractivity (Wildman–Crippen MR) is 92.6 cm³/mol. The topological polar surface area (TPSA) is 63.2 Å². The van der Waals surface area contributed by atoms with Crippen LogP contribution in [0, 0.1) is 0 Å². The molecule has 1 aromatic carbocycles. The second-order valence-electron chi connectivity index (χ2n) is 6.32. The average molecular weight is 313 g/mol. The third kappa shape index (κ3) is 5.29. The summed E-state index contributed by atoms with van der Waals surface area (Å²) in [5.41, 5.74) is 2.04. The maximum atomic E-state index is 12.0. The first kappa shape index (κ1) is 16.8. The maximum Gasteiger partial charge on any atom is 0.412 e. The highest BCUT2D eigenvalue weighted by Crippen LogP contribution is 2.26. The zero-order valence-electron chi connectivity index (χ0n) is 14.0. The van der Waals surface area contributed by atoms with Crippen molar-refractivity contribution in [2.24, 2.45) is 0 Å². The molecule has 2 aromatic rings. The number of hydrogen-bond donors (Lipinski definition) is 2. The lowest BCUT2D eigenvalue weighted by molar-refractivity contribution is 0.0636. The van der Waals surface area contributed by atoms with Crippen LogP contribution >= 0.6 is 0 Å². The Morgan fingerprint density at radius 3 is 2.43 bits per heavy atom. The van der Waals surface area contributed by atoms with Crippen LogP contribution in [0.3, 0.4) is 0 Å². The molecule has 2 rings (SSSR count). The number of amides is 1. The number of para-hydroxylation sites is 2. The average Bonchev–Trinajstić information content (AvgIpc) is 2.48. The standard InChI is InChI=1S/C18H23N3O2/c1-13(14-8-7-11-19-12-14)20-15-9-5-6-10-16(15)21-17(22)23-18(2,3)4/h5-13,20H,1-4H3,(H,21,22). The molecule has 5 heteroatoms. The van der Waals surface area contributed by atoms with Gasteiger partial charge in [-0.15, -0.1) is 0 Å². The van der Waals surface area contributed by atoms with Gasteiger partial charge in [0.15, 0.2) is 0 Å². The van der Waals surface area contributed by atoms with Gasteiger partial charge in [-0.25, -0.2) is 4.79 Å². The minimum Gasteiger partial charge on any atom is -0.444 e. The van der Waals surface area contributed by atoms with Gasteiger partial charge in [0, 0.05) is 12.4 Å². The van der Waals surface area contributed by atoms with Gasteiger partial charge in [0.2, 0.25) is 0 Å². The van der Waals surface area contributed by atoms with E-state index in [0.29, 0.717) is 5.69 Å². The van der Waals surface area contributed by atoms with Crippen molar-refractivity contribution in [1.82, 2.24) is 4.98 Å². The van der Waals surface area contributed by atoms with E-state index in [9.17, 15) is 4.79 Å². The lowest BCUT2D eigenvalue weighted by Gasteiger charge is -2.22. The van der Waals surface area contributed by atoms with E-state index >= 15 is 0 Å². The summed E-state index contributed by atoms with van der Waals surface area (Å²) in [6.07, 6.45) is 3.09. The van der Waals surface area contributed by atoms with E-state index < -0.39 is 11.7 Å². The number of pyridine rings is 1. The van der Waals surface area contributed by atoms with Gasteiger partial charge in [0.1, 0.15) is 5.60 Å². The van der Waals surface area contributed by atoms with Crippen LogP contribution in [0.1, 0.15) is 39.3 Å². The SMILES string of the molecule is CC(Nc1ccccc1NC(=O)OC(C)(C)C)c1cccnc1. The molecular weight excluding hydrogens is 290 g/mol. The summed E-state index contributed by atoms with van der Waals surface area (Å²) in [5, 5.41) is 6.17. The van der Waals surface area contributed by atoms with Gasteiger partial charge in [-0.1, -0.05) is 18.2 Å². The van der Waals surface area contributed by atoms with Gasteiger partial charge in [-0.3, -0.25) is 10.3 Å². The Kier molecular flexibility index (Phi) is 5.21. The Hall–Kier alpha value is -2.56. The zero-order chi connectivity index (χ0) is 16.9. The van der Waals surface area contributed by atoms with Crippen LogP contribution < -0.4 is 10.6 Å². The van der Waals surface area contributed by atoms with E-state index in [1.54, 1.807) is 6.20 Å². The summed E-state index contributed by atoms with van der Waals surface area (Å²) >= 11 is 0. The quantitative estimate of drug-likeness (QED) is 0.865. The lowest BCUT2D eigenvalue weighted by atomic mass is 10.1. The monoisotopic (exact) mass is 313 g/mol. The Morgan fingerprint density at radius 2 is 1.83 bits per heavy atom. The predicted octanol–water partition coefficient (Wildman–Crippen LogP) is 4.60. The Morgan fingerprint density at radius 1 is 1.13 bits per heavy atom. The number of nitrogens with one attached hydrogen (secondary N) is 2. The highest BCUT2D eigenvalue weighted by molar-refractivity contribution is 5.89. The summed E-state index contributed by atoms with van der Waals surface area (Å²) in [5.74, 6) is 0. The van der Waals surface area contributed by atoms with Crippen molar-refractivity contribution in [3.63, 3.8) is 0 Å². The van der Waals surface area contributed by atoms with Gasteiger partial charge in [0.25, 0.3) is 0 Å². The van der Waals surface area contributed by atoms with Gasteiger partial charge >= 0.3 is 6.09 Å². The number of ether oxygens (including phenoxy) is 1. The van der Waals surface area contributed by atoms with Crippen molar-refractivity contribution in [2.45, 2.75) is 39.3 Å².